The maximum absolute atomic E-state index is 4.78. The molecule has 0 aliphatic heterocycles. The maximum Gasteiger partial charge on any atom is 0.126 e. The molecule has 0 unspecified atom stereocenters. The Labute approximate surface area is 204 Å². The number of aromatic amines is 2. The van der Waals surface area contributed by atoms with Crippen LogP contribution in [0, 0.1) is 13.8 Å². The minimum Gasteiger partial charge on any atom is -0.346 e. The highest BCUT2D eigenvalue weighted by molar-refractivity contribution is 7.22. The molecule has 0 radical (unpaired) electrons. The third-order valence-electron chi connectivity index (χ3n) is 7.21. The second-order valence-electron chi connectivity index (χ2n) is 9.36. The topological polar surface area (TPSA) is 83.1 Å². The summed E-state index contributed by atoms with van der Waals surface area (Å²) in [6.07, 6.45) is 5.88. The van der Waals surface area contributed by atoms with Gasteiger partial charge in [-0.05, 0) is 60.7 Å². The highest BCUT2D eigenvalue weighted by Crippen LogP contribution is 2.43. The molecule has 1 aliphatic carbocycles. The lowest BCUT2D eigenvalue weighted by Gasteiger charge is -2.15. The lowest BCUT2D eigenvalue weighted by Crippen LogP contribution is -2.03. The van der Waals surface area contributed by atoms with Crippen molar-refractivity contribution in [3.05, 3.63) is 71.7 Å². The normalized spacial score (nSPS) is 13.2. The van der Waals surface area contributed by atoms with Crippen LogP contribution in [0.3, 0.4) is 0 Å². The summed E-state index contributed by atoms with van der Waals surface area (Å²) in [5.74, 6) is 1.78. The van der Waals surface area contributed by atoms with Gasteiger partial charge in [0, 0.05) is 43.2 Å². The van der Waals surface area contributed by atoms with Crippen LogP contribution in [0.5, 0.6) is 0 Å². The van der Waals surface area contributed by atoms with Gasteiger partial charge >= 0.3 is 0 Å². The summed E-state index contributed by atoms with van der Waals surface area (Å²) in [5.41, 5.74) is 8.16. The molecule has 7 heteroatoms. The molecular formula is C28H20N6S. The summed E-state index contributed by atoms with van der Waals surface area (Å²) in [4.78, 5) is 18.9. The van der Waals surface area contributed by atoms with Crippen molar-refractivity contribution in [3.8, 4) is 21.7 Å². The summed E-state index contributed by atoms with van der Waals surface area (Å²) >= 11 is 1.88. The third-order valence-corrected chi connectivity index (χ3v) is 8.47. The lowest BCUT2D eigenvalue weighted by molar-refractivity contribution is 0.913. The SMILES string of the molecule is Cc1nc2c3ccc(-c4cc5ccc6c(c5s4)CCc4[nH]c(C)nc4-6)cc3c3c[nH]ncc3c2n1. The number of aryl methyl sites for hydroxylation is 4. The molecule has 8 rings (SSSR count). The first kappa shape index (κ1) is 19.2. The van der Waals surface area contributed by atoms with Crippen molar-refractivity contribution >= 4 is 54.0 Å². The minimum absolute atomic E-state index is 0.787. The van der Waals surface area contributed by atoms with Crippen LogP contribution < -0.4 is 0 Å². The number of hydrogen-bond acceptors (Lipinski definition) is 5. The van der Waals surface area contributed by atoms with Gasteiger partial charge in [-0.2, -0.15) is 5.10 Å². The van der Waals surface area contributed by atoms with E-state index in [1.807, 2.05) is 37.6 Å². The number of H-pyrrole nitrogens is 2. The zero-order chi connectivity index (χ0) is 23.3. The molecule has 0 spiro atoms. The molecule has 4 heterocycles. The minimum atomic E-state index is 0.787. The van der Waals surface area contributed by atoms with Crippen molar-refractivity contribution in [2.75, 3.05) is 0 Å². The largest absolute Gasteiger partial charge is 0.346 e. The van der Waals surface area contributed by atoms with Gasteiger partial charge in [-0.25, -0.2) is 15.0 Å². The highest BCUT2D eigenvalue weighted by atomic mass is 32.1. The Morgan fingerprint density at radius 2 is 1.74 bits per heavy atom. The van der Waals surface area contributed by atoms with E-state index in [0.717, 1.165) is 57.4 Å². The van der Waals surface area contributed by atoms with E-state index in [1.165, 1.54) is 42.7 Å². The Hall–Kier alpha value is -4.10. The number of benzene rings is 3. The predicted molar refractivity (Wildman–Crippen MR) is 142 cm³/mol. The number of fused-ring (bicyclic) bond motifs is 11. The Balaban J connectivity index is 1.36. The molecule has 3 aromatic carbocycles. The van der Waals surface area contributed by atoms with Gasteiger partial charge in [-0.3, -0.25) is 5.10 Å². The molecule has 0 fully saturated rings. The molecule has 0 amide bonds. The molecule has 168 valence electrons. The molecular weight excluding hydrogens is 452 g/mol. The van der Waals surface area contributed by atoms with Gasteiger partial charge in [-0.1, -0.05) is 24.3 Å². The van der Waals surface area contributed by atoms with Gasteiger partial charge in [0.25, 0.3) is 0 Å². The smallest absolute Gasteiger partial charge is 0.126 e. The summed E-state index contributed by atoms with van der Waals surface area (Å²) < 4.78 is 1.37. The number of hydrogen-bond donors (Lipinski definition) is 2. The predicted octanol–water partition coefficient (Wildman–Crippen LogP) is 6.65. The van der Waals surface area contributed by atoms with Crippen LogP contribution in [-0.4, -0.2) is 30.1 Å². The standard InChI is InChI=1S/C28H20N6S/c1-13-31-23-8-7-19-17(25(23)32-13)6-4-16-10-24(35-28(16)19)15-3-5-18-20(9-15)21-11-29-30-12-22(21)27-26(18)33-14(2)34-27/h3-6,9-12,29H,7-8H2,1-2H3,(H,31,32). The van der Waals surface area contributed by atoms with E-state index >= 15 is 0 Å². The molecule has 0 bridgehead atoms. The molecule has 6 nitrogen and oxygen atoms in total. The van der Waals surface area contributed by atoms with Crippen LogP contribution >= 0.6 is 11.3 Å². The van der Waals surface area contributed by atoms with Crippen molar-refractivity contribution in [2.45, 2.75) is 26.7 Å². The van der Waals surface area contributed by atoms with Crippen molar-refractivity contribution in [3.63, 3.8) is 0 Å². The van der Waals surface area contributed by atoms with Gasteiger partial charge in [0.15, 0.2) is 0 Å². The molecule has 4 aromatic heterocycles. The van der Waals surface area contributed by atoms with E-state index in [0.29, 0.717) is 0 Å². The van der Waals surface area contributed by atoms with Gasteiger partial charge in [0.05, 0.1) is 17.4 Å². The van der Waals surface area contributed by atoms with E-state index in [9.17, 15) is 0 Å². The number of imidazole rings is 2. The summed E-state index contributed by atoms with van der Waals surface area (Å²) in [5, 5.41) is 13.0. The second-order valence-corrected chi connectivity index (χ2v) is 10.4. The van der Waals surface area contributed by atoms with E-state index in [4.69, 9.17) is 9.97 Å². The molecule has 2 N–H and O–H groups in total. The van der Waals surface area contributed by atoms with Crippen LogP contribution in [0.15, 0.2) is 48.8 Å². The fourth-order valence-electron chi connectivity index (χ4n) is 5.69. The van der Waals surface area contributed by atoms with E-state index in [1.54, 1.807) is 0 Å². The number of rotatable bonds is 1. The number of thiophene rings is 1. The van der Waals surface area contributed by atoms with Gasteiger partial charge in [-0.15, -0.1) is 11.3 Å². The molecule has 35 heavy (non-hydrogen) atoms. The monoisotopic (exact) mass is 472 g/mol. The average Bonchev–Trinajstić information content (AvgIpc) is 3.59. The van der Waals surface area contributed by atoms with E-state index < -0.39 is 0 Å². The van der Waals surface area contributed by atoms with E-state index in [-0.39, 0.29) is 0 Å². The summed E-state index contributed by atoms with van der Waals surface area (Å²) in [6.45, 7) is 3.98. The second kappa shape index (κ2) is 6.73. The van der Waals surface area contributed by atoms with E-state index in [2.05, 4.69) is 56.6 Å². The fraction of sp³-hybridized carbons (Fsp3) is 0.143. The van der Waals surface area contributed by atoms with Crippen LogP contribution in [0.1, 0.15) is 22.9 Å². The van der Waals surface area contributed by atoms with Crippen molar-refractivity contribution in [1.29, 1.82) is 0 Å². The fourth-order valence-corrected chi connectivity index (χ4v) is 6.92. The van der Waals surface area contributed by atoms with Crippen LogP contribution in [-0.2, 0) is 12.8 Å². The summed E-state index contributed by atoms with van der Waals surface area (Å²) in [6, 6.07) is 13.5. The molecule has 1 aliphatic rings. The number of aromatic nitrogens is 6. The Morgan fingerprint density at radius 1 is 0.857 bits per heavy atom. The number of nitrogens with zero attached hydrogens (tertiary/aromatic N) is 4. The first-order valence-corrected chi connectivity index (χ1v) is 12.6. The zero-order valence-electron chi connectivity index (χ0n) is 19.2. The summed E-state index contributed by atoms with van der Waals surface area (Å²) in [7, 11) is 0. The van der Waals surface area contributed by atoms with Gasteiger partial charge in [0.2, 0.25) is 0 Å². The van der Waals surface area contributed by atoms with Gasteiger partial charge < -0.3 is 4.98 Å². The first-order valence-electron chi connectivity index (χ1n) is 11.8. The average molecular weight is 473 g/mol. The Morgan fingerprint density at radius 3 is 2.66 bits per heavy atom. The van der Waals surface area contributed by atoms with Crippen LogP contribution in [0.25, 0.3) is 64.4 Å². The van der Waals surface area contributed by atoms with Gasteiger partial charge in [0.1, 0.15) is 17.2 Å². The van der Waals surface area contributed by atoms with Crippen molar-refractivity contribution in [1.82, 2.24) is 30.1 Å². The lowest BCUT2D eigenvalue weighted by atomic mass is 9.91. The Bertz CT molecular complexity index is 1990. The highest BCUT2D eigenvalue weighted by Gasteiger charge is 2.23. The van der Waals surface area contributed by atoms with Crippen molar-refractivity contribution in [2.24, 2.45) is 0 Å². The first-order chi connectivity index (χ1) is 17.1. The quantitative estimate of drug-likeness (QED) is 0.262. The van der Waals surface area contributed by atoms with Crippen LogP contribution in [0.2, 0.25) is 0 Å². The number of nitrogens with one attached hydrogen (secondary N) is 2. The maximum atomic E-state index is 4.78. The Kier molecular flexibility index (Phi) is 3.70. The molecule has 0 saturated carbocycles. The molecule has 0 atom stereocenters. The van der Waals surface area contributed by atoms with Crippen molar-refractivity contribution < 1.29 is 0 Å². The zero-order valence-corrected chi connectivity index (χ0v) is 20.0. The molecule has 7 aromatic rings. The third kappa shape index (κ3) is 2.64. The molecule has 0 saturated heterocycles. The van der Waals surface area contributed by atoms with Crippen LogP contribution in [0.4, 0.5) is 0 Å².